The lowest BCUT2D eigenvalue weighted by Crippen LogP contribution is -2.51. The van der Waals surface area contributed by atoms with Gasteiger partial charge >= 0.3 is 18.1 Å². The fourth-order valence-corrected chi connectivity index (χ4v) is 3.58. The first-order chi connectivity index (χ1) is 17.9. The van der Waals surface area contributed by atoms with Gasteiger partial charge in [0, 0.05) is 0 Å². The molecular weight excluding hydrogens is 498 g/mol. The number of esters is 1. The summed E-state index contributed by atoms with van der Waals surface area (Å²) in [5, 5.41) is 6.54. The van der Waals surface area contributed by atoms with Crippen LogP contribution in [0.4, 0.5) is 9.59 Å². The lowest BCUT2D eigenvalue weighted by Gasteiger charge is -2.17. The second-order valence-corrected chi connectivity index (χ2v) is 8.69. The molecule has 1 aliphatic rings. The lowest BCUT2D eigenvalue weighted by atomic mass is 10.1. The highest BCUT2D eigenvalue weighted by atomic mass is 32.2. The zero-order valence-electron chi connectivity index (χ0n) is 19.9. The van der Waals surface area contributed by atoms with Crippen LogP contribution < -0.4 is 20.7 Å². The van der Waals surface area contributed by atoms with E-state index in [0.29, 0.717) is 17.7 Å². The van der Waals surface area contributed by atoms with Crippen LogP contribution in [0.1, 0.15) is 17.5 Å². The number of thioether (sulfide) groups is 1. The molecule has 0 saturated carbocycles. The summed E-state index contributed by atoms with van der Waals surface area (Å²) in [4.78, 5) is 59.5. The van der Waals surface area contributed by atoms with Crippen molar-refractivity contribution < 1.29 is 33.4 Å². The Morgan fingerprint density at radius 3 is 2.32 bits per heavy atom. The van der Waals surface area contributed by atoms with Crippen LogP contribution in [0.5, 0.6) is 5.75 Å². The van der Waals surface area contributed by atoms with Crippen LogP contribution in [0.2, 0.25) is 0 Å². The number of carbonyl (C=O) groups is 5. The SMILES string of the molecule is CSCC[C@H](NC(=O)OCc1ccccc1)C(=O)Oc1ccc(/C=C/C=C2C(=O)NC(=O)NC2=O)cc1. The molecule has 192 valence electrons. The molecule has 1 aliphatic heterocycles. The second kappa shape index (κ2) is 13.6. The van der Waals surface area contributed by atoms with Gasteiger partial charge in [0.05, 0.1) is 0 Å². The number of carbonyl (C=O) groups excluding carboxylic acids is 5. The van der Waals surface area contributed by atoms with Gasteiger partial charge in [0.25, 0.3) is 11.8 Å². The number of nitrogens with one attached hydrogen (secondary N) is 3. The number of benzene rings is 2. The molecule has 5 amide bonds. The summed E-state index contributed by atoms with van der Waals surface area (Å²) < 4.78 is 10.6. The topological polar surface area (TPSA) is 140 Å². The molecule has 0 spiro atoms. The number of hydrogen-bond acceptors (Lipinski definition) is 8. The summed E-state index contributed by atoms with van der Waals surface area (Å²) in [6.07, 6.45) is 5.93. The summed E-state index contributed by atoms with van der Waals surface area (Å²) in [5.41, 5.74) is 1.32. The smallest absolute Gasteiger partial charge is 0.408 e. The molecule has 3 N–H and O–H groups in total. The van der Waals surface area contributed by atoms with Crippen LogP contribution in [0.15, 0.2) is 72.3 Å². The average Bonchev–Trinajstić information content (AvgIpc) is 2.88. The Morgan fingerprint density at radius 1 is 1.00 bits per heavy atom. The normalized spacial score (nSPS) is 14.0. The van der Waals surface area contributed by atoms with Gasteiger partial charge in [-0.2, -0.15) is 11.8 Å². The van der Waals surface area contributed by atoms with Gasteiger partial charge in [0.2, 0.25) is 0 Å². The van der Waals surface area contributed by atoms with Crippen LogP contribution in [0.25, 0.3) is 6.08 Å². The van der Waals surface area contributed by atoms with Gasteiger partial charge in [-0.1, -0.05) is 54.6 Å². The van der Waals surface area contributed by atoms with Crippen LogP contribution >= 0.6 is 11.8 Å². The van der Waals surface area contributed by atoms with Crippen LogP contribution in [0, 0.1) is 0 Å². The molecule has 0 bridgehead atoms. The van der Waals surface area contributed by atoms with Crippen molar-refractivity contribution in [2.24, 2.45) is 0 Å². The number of alkyl carbamates (subject to hydrolysis) is 1. The zero-order valence-corrected chi connectivity index (χ0v) is 20.7. The van der Waals surface area contributed by atoms with E-state index in [9.17, 15) is 24.0 Å². The minimum atomic E-state index is -0.887. The number of rotatable bonds is 10. The zero-order chi connectivity index (χ0) is 26.6. The largest absolute Gasteiger partial charge is 0.445 e. The molecule has 1 atom stereocenters. The van der Waals surface area contributed by atoms with Crippen molar-refractivity contribution in [1.29, 1.82) is 0 Å². The van der Waals surface area contributed by atoms with Crippen molar-refractivity contribution in [3.05, 3.63) is 83.4 Å². The Morgan fingerprint density at radius 2 is 1.68 bits per heavy atom. The standard InChI is InChI=1S/C26H25N3O7S/c1-37-15-14-21(27-26(34)35-16-18-6-3-2-4-7-18)24(32)36-19-12-10-17(11-13-19)8-5-9-20-22(30)28-25(33)29-23(20)31/h2-13,21H,14-16H2,1H3,(H,27,34)(H2,28,29,30,31,33)/b8-5+/t21-/m0/s1. The Balaban J connectivity index is 1.56. The lowest BCUT2D eigenvalue weighted by molar-refractivity contribution is -0.136. The van der Waals surface area contributed by atoms with E-state index in [-0.39, 0.29) is 17.9 Å². The van der Waals surface area contributed by atoms with E-state index in [1.165, 1.54) is 23.9 Å². The Labute approximate surface area is 217 Å². The number of barbiturate groups is 1. The third kappa shape index (κ3) is 8.65. The molecule has 11 heteroatoms. The van der Waals surface area contributed by atoms with E-state index in [4.69, 9.17) is 9.47 Å². The number of amides is 5. The Bertz CT molecular complexity index is 1190. The van der Waals surface area contributed by atoms with Crippen molar-refractivity contribution in [2.45, 2.75) is 19.1 Å². The quantitative estimate of drug-likeness (QED) is 0.187. The molecule has 0 aromatic heterocycles. The van der Waals surface area contributed by atoms with Gasteiger partial charge in [0.15, 0.2) is 0 Å². The Hall–Kier alpha value is -4.38. The number of urea groups is 1. The van der Waals surface area contributed by atoms with Crippen LogP contribution in [0.3, 0.4) is 0 Å². The molecule has 1 fully saturated rings. The van der Waals surface area contributed by atoms with Crippen LogP contribution in [-0.2, 0) is 25.7 Å². The third-order valence-corrected chi connectivity index (χ3v) is 5.64. The van der Waals surface area contributed by atoms with E-state index in [1.54, 1.807) is 30.3 Å². The molecule has 37 heavy (non-hydrogen) atoms. The highest BCUT2D eigenvalue weighted by molar-refractivity contribution is 7.98. The van der Waals surface area contributed by atoms with Gasteiger partial charge in [-0.25, -0.2) is 14.4 Å². The maximum atomic E-state index is 12.7. The summed E-state index contributed by atoms with van der Waals surface area (Å²) in [6, 6.07) is 13.9. The van der Waals surface area contributed by atoms with Gasteiger partial charge in [-0.05, 0) is 47.8 Å². The van der Waals surface area contributed by atoms with Gasteiger partial charge in [-0.3, -0.25) is 20.2 Å². The van der Waals surface area contributed by atoms with E-state index in [1.807, 2.05) is 47.2 Å². The fourth-order valence-electron chi connectivity index (χ4n) is 3.11. The highest BCUT2D eigenvalue weighted by Crippen LogP contribution is 2.15. The molecule has 3 rings (SSSR count). The fraction of sp³-hybridized carbons (Fsp3) is 0.192. The summed E-state index contributed by atoms with van der Waals surface area (Å²) in [6.45, 7) is 0.0795. The van der Waals surface area contributed by atoms with E-state index < -0.39 is 35.9 Å². The van der Waals surface area contributed by atoms with Crippen molar-refractivity contribution >= 4 is 47.7 Å². The maximum Gasteiger partial charge on any atom is 0.408 e. The first-order valence-electron chi connectivity index (χ1n) is 11.2. The van der Waals surface area contributed by atoms with Gasteiger partial charge in [0.1, 0.15) is 24.0 Å². The van der Waals surface area contributed by atoms with Crippen molar-refractivity contribution in [3.63, 3.8) is 0 Å². The first kappa shape index (κ1) is 27.2. The molecule has 10 nitrogen and oxygen atoms in total. The number of ether oxygens (including phenoxy) is 2. The molecule has 1 heterocycles. The predicted molar refractivity (Wildman–Crippen MR) is 137 cm³/mol. The predicted octanol–water partition coefficient (Wildman–Crippen LogP) is 2.95. The summed E-state index contributed by atoms with van der Waals surface area (Å²) in [5.74, 6) is -1.29. The summed E-state index contributed by atoms with van der Waals surface area (Å²) in [7, 11) is 0. The van der Waals surface area contributed by atoms with Crippen molar-refractivity contribution in [3.8, 4) is 5.75 Å². The van der Waals surface area contributed by atoms with E-state index in [0.717, 1.165) is 5.56 Å². The molecule has 2 aromatic rings. The minimum absolute atomic E-state index is 0.0795. The molecule has 1 saturated heterocycles. The average molecular weight is 524 g/mol. The van der Waals surface area contributed by atoms with Gasteiger partial charge in [-0.15, -0.1) is 0 Å². The number of imide groups is 2. The van der Waals surface area contributed by atoms with Crippen LogP contribution in [-0.4, -0.2) is 48.0 Å². The minimum Gasteiger partial charge on any atom is -0.445 e. The molecular formula is C26H25N3O7S. The summed E-state index contributed by atoms with van der Waals surface area (Å²) >= 11 is 1.53. The first-order valence-corrected chi connectivity index (χ1v) is 12.6. The van der Waals surface area contributed by atoms with Crippen molar-refractivity contribution in [1.82, 2.24) is 16.0 Å². The highest BCUT2D eigenvalue weighted by Gasteiger charge is 2.27. The molecule has 0 radical (unpaired) electrons. The maximum absolute atomic E-state index is 12.7. The van der Waals surface area contributed by atoms with Gasteiger partial charge < -0.3 is 14.8 Å². The molecule has 2 aromatic carbocycles. The van der Waals surface area contributed by atoms with E-state index >= 15 is 0 Å². The van der Waals surface area contributed by atoms with E-state index in [2.05, 4.69) is 5.32 Å². The van der Waals surface area contributed by atoms with Crippen molar-refractivity contribution in [2.75, 3.05) is 12.0 Å². The number of allylic oxidation sites excluding steroid dienone is 2. The number of hydrogen-bond donors (Lipinski definition) is 3. The monoisotopic (exact) mass is 523 g/mol. The molecule has 0 unspecified atom stereocenters. The third-order valence-electron chi connectivity index (χ3n) is 4.99. The molecule has 0 aliphatic carbocycles. The second-order valence-electron chi connectivity index (χ2n) is 7.71. The Kier molecular flexibility index (Phi) is 10.0.